The molecule has 0 spiro atoms. The molecule has 0 saturated carbocycles. The number of hydrogen-bond donors (Lipinski definition) is 1. The molecule has 0 heterocycles. The molecule has 1 aromatic carbocycles. The van der Waals surface area contributed by atoms with E-state index in [9.17, 15) is 0 Å². The number of aryl methyl sites for hydroxylation is 2. The van der Waals surface area contributed by atoms with E-state index in [1.165, 1.54) is 23.1 Å². The SMILES string of the molecule is CNCCCN(C)Cc1ccc(C)cc1C. The van der Waals surface area contributed by atoms with Gasteiger partial charge in [0.1, 0.15) is 0 Å². The van der Waals surface area contributed by atoms with Crippen LogP contribution in [-0.2, 0) is 6.54 Å². The van der Waals surface area contributed by atoms with Gasteiger partial charge in [0.05, 0.1) is 0 Å². The van der Waals surface area contributed by atoms with Crippen LogP contribution in [0, 0.1) is 13.8 Å². The molecular weight excluding hydrogens is 196 g/mol. The van der Waals surface area contributed by atoms with Crippen molar-refractivity contribution >= 4 is 0 Å². The van der Waals surface area contributed by atoms with E-state index in [1.807, 2.05) is 7.05 Å². The number of benzene rings is 1. The lowest BCUT2D eigenvalue weighted by Crippen LogP contribution is -2.22. The Morgan fingerprint density at radius 3 is 2.62 bits per heavy atom. The van der Waals surface area contributed by atoms with Crippen molar-refractivity contribution in [3.05, 3.63) is 34.9 Å². The highest BCUT2D eigenvalue weighted by atomic mass is 15.1. The highest BCUT2D eigenvalue weighted by Crippen LogP contribution is 2.12. The molecule has 0 aromatic heterocycles. The molecule has 0 aliphatic carbocycles. The Hall–Kier alpha value is -0.860. The van der Waals surface area contributed by atoms with Gasteiger partial charge in [-0.2, -0.15) is 0 Å². The summed E-state index contributed by atoms with van der Waals surface area (Å²) < 4.78 is 0. The Bertz CT molecular complexity index is 321. The Labute approximate surface area is 99.7 Å². The summed E-state index contributed by atoms with van der Waals surface area (Å²) in [4.78, 5) is 2.38. The van der Waals surface area contributed by atoms with Crippen LogP contribution >= 0.6 is 0 Å². The zero-order chi connectivity index (χ0) is 12.0. The van der Waals surface area contributed by atoms with Gasteiger partial charge in [-0.05, 0) is 58.6 Å². The minimum absolute atomic E-state index is 1.05. The molecule has 0 amide bonds. The molecule has 2 heteroatoms. The topological polar surface area (TPSA) is 15.3 Å². The first-order chi connectivity index (χ1) is 7.63. The van der Waals surface area contributed by atoms with Crippen molar-refractivity contribution in [2.45, 2.75) is 26.8 Å². The molecule has 2 nitrogen and oxygen atoms in total. The molecule has 1 rings (SSSR count). The van der Waals surface area contributed by atoms with Gasteiger partial charge in [0.15, 0.2) is 0 Å². The molecule has 0 saturated heterocycles. The summed E-state index contributed by atoms with van der Waals surface area (Å²) in [6.07, 6.45) is 1.21. The van der Waals surface area contributed by atoms with E-state index in [-0.39, 0.29) is 0 Å². The molecule has 0 unspecified atom stereocenters. The molecule has 1 N–H and O–H groups in total. The third-order valence-corrected chi connectivity index (χ3v) is 2.90. The number of nitrogens with one attached hydrogen (secondary N) is 1. The van der Waals surface area contributed by atoms with Crippen molar-refractivity contribution in [3.8, 4) is 0 Å². The molecule has 0 aliphatic rings. The fourth-order valence-corrected chi connectivity index (χ4v) is 1.92. The summed E-state index contributed by atoms with van der Waals surface area (Å²) in [6.45, 7) is 7.64. The Morgan fingerprint density at radius 1 is 1.25 bits per heavy atom. The van der Waals surface area contributed by atoms with Crippen LogP contribution in [0.4, 0.5) is 0 Å². The molecule has 0 fully saturated rings. The van der Waals surface area contributed by atoms with Gasteiger partial charge in [-0.3, -0.25) is 0 Å². The number of nitrogens with zero attached hydrogens (tertiary/aromatic N) is 1. The second-order valence-electron chi connectivity index (χ2n) is 4.62. The van der Waals surface area contributed by atoms with Crippen molar-refractivity contribution in [1.29, 1.82) is 0 Å². The van der Waals surface area contributed by atoms with Crippen molar-refractivity contribution in [1.82, 2.24) is 10.2 Å². The Morgan fingerprint density at radius 2 is 2.00 bits per heavy atom. The molecule has 0 radical (unpaired) electrons. The van der Waals surface area contributed by atoms with Gasteiger partial charge >= 0.3 is 0 Å². The highest BCUT2D eigenvalue weighted by Gasteiger charge is 2.02. The Kier molecular flexibility index (Phi) is 5.50. The van der Waals surface area contributed by atoms with Crippen LogP contribution in [0.25, 0.3) is 0 Å². The van der Waals surface area contributed by atoms with E-state index >= 15 is 0 Å². The predicted octanol–water partition coefficient (Wildman–Crippen LogP) is 2.34. The van der Waals surface area contributed by atoms with Gasteiger partial charge in [0.2, 0.25) is 0 Å². The average molecular weight is 220 g/mol. The zero-order valence-corrected chi connectivity index (χ0v) is 11.0. The van der Waals surface area contributed by atoms with E-state index in [2.05, 4.69) is 49.3 Å². The maximum absolute atomic E-state index is 3.18. The molecule has 16 heavy (non-hydrogen) atoms. The van der Waals surface area contributed by atoms with Gasteiger partial charge in [-0.1, -0.05) is 23.8 Å². The summed E-state index contributed by atoms with van der Waals surface area (Å²) in [5.41, 5.74) is 4.19. The van der Waals surface area contributed by atoms with Crippen LogP contribution in [0.2, 0.25) is 0 Å². The molecule has 0 atom stereocenters. The second kappa shape index (κ2) is 6.66. The first kappa shape index (κ1) is 13.2. The van der Waals surface area contributed by atoms with Crippen LogP contribution in [0.15, 0.2) is 18.2 Å². The van der Waals surface area contributed by atoms with Crippen LogP contribution < -0.4 is 5.32 Å². The van der Waals surface area contributed by atoms with Gasteiger partial charge in [0, 0.05) is 6.54 Å². The fraction of sp³-hybridized carbons (Fsp3) is 0.571. The molecule has 0 bridgehead atoms. The van der Waals surface area contributed by atoms with E-state index in [4.69, 9.17) is 0 Å². The van der Waals surface area contributed by atoms with Crippen molar-refractivity contribution < 1.29 is 0 Å². The standard InChI is InChI=1S/C14H24N2/c1-12-6-7-14(13(2)10-12)11-16(4)9-5-8-15-3/h6-7,10,15H,5,8-9,11H2,1-4H3. The zero-order valence-electron chi connectivity index (χ0n) is 11.0. The van der Waals surface area contributed by atoms with E-state index in [1.54, 1.807) is 0 Å². The molecule has 90 valence electrons. The summed E-state index contributed by atoms with van der Waals surface area (Å²) in [5.74, 6) is 0. The molecular formula is C14H24N2. The van der Waals surface area contributed by atoms with Crippen LogP contribution in [0.1, 0.15) is 23.1 Å². The monoisotopic (exact) mass is 220 g/mol. The third-order valence-electron chi connectivity index (χ3n) is 2.90. The number of rotatable bonds is 6. The minimum atomic E-state index is 1.05. The van der Waals surface area contributed by atoms with Crippen LogP contribution in [0.5, 0.6) is 0 Å². The van der Waals surface area contributed by atoms with Crippen molar-refractivity contribution in [3.63, 3.8) is 0 Å². The number of hydrogen-bond acceptors (Lipinski definition) is 2. The normalized spacial score (nSPS) is 11.1. The van der Waals surface area contributed by atoms with E-state index in [0.29, 0.717) is 0 Å². The maximum atomic E-state index is 3.18. The second-order valence-corrected chi connectivity index (χ2v) is 4.62. The lowest BCUT2D eigenvalue weighted by molar-refractivity contribution is 0.320. The first-order valence-corrected chi connectivity index (χ1v) is 6.02. The highest BCUT2D eigenvalue weighted by molar-refractivity contribution is 5.30. The van der Waals surface area contributed by atoms with Gasteiger partial charge < -0.3 is 10.2 Å². The van der Waals surface area contributed by atoms with Crippen LogP contribution in [0.3, 0.4) is 0 Å². The molecule has 0 aliphatic heterocycles. The summed E-state index contributed by atoms with van der Waals surface area (Å²) >= 11 is 0. The smallest absolute Gasteiger partial charge is 0.0233 e. The first-order valence-electron chi connectivity index (χ1n) is 6.02. The van der Waals surface area contributed by atoms with Crippen molar-refractivity contribution in [2.75, 3.05) is 27.2 Å². The minimum Gasteiger partial charge on any atom is -0.320 e. The third kappa shape index (κ3) is 4.33. The average Bonchev–Trinajstić information content (AvgIpc) is 2.23. The maximum Gasteiger partial charge on any atom is 0.0233 e. The lowest BCUT2D eigenvalue weighted by Gasteiger charge is -2.18. The quantitative estimate of drug-likeness (QED) is 0.740. The summed E-state index contributed by atoms with van der Waals surface area (Å²) in [5, 5.41) is 3.18. The molecule has 1 aromatic rings. The van der Waals surface area contributed by atoms with E-state index in [0.717, 1.165) is 19.6 Å². The summed E-state index contributed by atoms with van der Waals surface area (Å²) in [6, 6.07) is 6.71. The Balaban J connectivity index is 2.46. The van der Waals surface area contributed by atoms with E-state index < -0.39 is 0 Å². The predicted molar refractivity (Wildman–Crippen MR) is 70.8 cm³/mol. The summed E-state index contributed by atoms with van der Waals surface area (Å²) in [7, 11) is 4.19. The van der Waals surface area contributed by atoms with Gasteiger partial charge in [-0.25, -0.2) is 0 Å². The van der Waals surface area contributed by atoms with Gasteiger partial charge in [-0.15, -0.1) is 0 Å². The van der Waals surface area contributed by atoms with Crippen LogP contribution in [-0.4, -0.2) is 32.1 Å². The lowest BCUT2D eigenvalue weighted by atomic mass is 10.1. The fourth-order valence-electron chi connectivity index (χ4n) is 1.92. The van der Waals surface area contributed by atoms with Gasteiger partial charge in [0.25, 0.3) is 0 Å². The van der Waals surface area contributed by atoms with Crippen molar-refractivity contribution in [2.24, 2.45) is 0 Å². The largest absolute Gasteiger partial charge is 0.320 e.